The Kier molecular flexibility index (Phi) is 3.68. The van der Waals surface area contributed by atoms with E-state index < -0.39 is 11.9 Å². The molecule has 0 spiro atoms. The highest BCUT2D eigenvalue weighted by atomic mass is 19.4. The van der Waals surface area contributed by atoms with Crippen molar-refractivity contribution in [2.75, 3.05) is 0 Å². The number of ether oxygens (including phenoxy) is 1. The summed E-state index contributed by atoms with van der Waals surface area (Å²) in [5, 5.41) is 7.30. The first-order valence-corrected chi connectivity index (χ1v) is 6.39. The standard InChI is InChI=1S/C14H9F3N4O2/c1-8-6-11(14(15,16)17)20-13(19-8)23-10-4-2-9(3-5-10)12-21-18-7-22-12/h2-7H,1H3. The van der Waals surface area contributed by atoms with Crippen LogP contribution in [0.3, 0.4) is 0 Å². The second-order valence-electron chi connectivity index (χ2n) is 4.55. The number of benzene rings is 1. The third-order valence-electron chi connectivity index (χ3n) is 2.79. The van der Waals surface area contributed by atoms with Crippen molar-refractivity contribution in [3.8, 4) is 23.2 Å². The fourth-order valence-electron chi connectivity index (χ4n) is 1.80. The van der Waals surface area contributed by atoms with Gasteiger partial charge in [-0.15, -0.1) is 10.2 Å². The SMILES string of the molecule is Cc1cc(C(F)(F)F)nc(Oc2ccc(-c3nnco3)cc2)n1. The van der Waals surface area contributed by atoms with Crippen LogP contribution in [0, 0.1) is 6.92 Å². The maximum absolute atomic E-state index is 12.7. The van der Waals surface area contributed by atoms with Crippen molar-refractivity contribution in [1.29, 1.82) is 0 Å². The van der Waals surface area contributed by atoms with Crippen molar-refractivity contribution in [2.45, 2.75) is 13.1 Å². The molecule has 0 fully saturated rings. The summed E-state index contributed by atoms with van der Waals surface area (Å²) in [5.74, 6) is 0.606. The zero-order valence-electron chi connectivity index (χ0n) is 11.7. The van der Waals surface area contributed by atoms with Crippen molar-refractivity contribution in [2.24, 2.45) is 0 Å². The molecule has 0 bridgehead atoms. The van der Waals surface area contributed by atoms with Crippen LogP contribution in [-0.4, -0.2) is 20.2 Å². The van der Waals surface area contributed by atoms with Crippen LogP contribution >= 0.6 is 0 Å². The summed E-state index contributed by atoms with van der Waals surface area (Å²) >= 11 is 0. The fraction of sp³-hybridized carbons (Fsp3) is 0.143. The molecule has 0 N–H and O–H groups in total. The third-order valence-corrected chi connectivity index (χ3v) is 2.79. The Balaban J connectivity index is 1.83. The monoisotopic (exact) mass is 322 g/mol. The van der Waals surface area contributed by atoms with Crippen LogP contribution in [0.1, 0.15) is 11.4 Å². The number of rotatable bonds is 3. The predicted octanol–water partition coefficient (Wildman–Crippen LogP) is 3.65. The molecule has 6 nitrogen and oxygen atoms in total. The average Bonchev–Trinajstić information content (AvgIpc) is 3.01. The average molecular weight is 322 g/mol. The Morgan fingerprint density at radius 3 is 2.43 bits per heavy atom. The maximum Gasteiger partial charge on any atom is 0.433 e. The van der Waals surface area contributed by atoms with E-state index in [4.69, 9.17) is 9.15 Å². The van der Waals surface area contributed by atoms with E-state index in [0.29, 0.717) is 11.5 Å². The summed E-state index contributed by atoms with van der Waals surface area (Å²) in [7, 11) is 0. The number of halogens is 3. The van der Waals surface area contributed by atoms with Gasteiger partial charge >= 0.3 is 12.2 Å². The quantitative estimate of drug-likeness (QED) is 0.733. The van der Waals surface area contributed by atoms with E-state index in [9.17, 15) is 13.2 Å². The third kappa shape index (κ3) is 3.44. The van der Waals surface area contributed by atoms with Gasteiger partial charge in [0.25, 0.3) is 0 Å². The van der Waals surface area contributed by atoms with Gasteiger partial charge in [0.15, 0.2) is 5.69 Å². The van der Waals surface area contributed by atoms with Crippen LogP contribution in [-0.2, 0) is 6.18 Å². The smallest absolute Gasteiger partial charge is 0.424 e. The van der Waals surface area contributed by atoms with Gasteiger partial charge in [-0.3, -0.25) is 0 Å². The molecule has 0 aliphatic heterocycles. The van der Waals surface area contributed by atoms with E-state index in [1.807, 2.05) is 0 Å². The largest absolute Gasteiger partial charge is 0.433 e. The van der Waals surface area contributed by atoms with Gasteiger partial charge in [-0.25, -0.2) is 4.98 Å². The van der Waals surface area contributed by atoms with Crippen LogP contribution in [0.25, 0.3) is 11.5 Å². The molecule has 0 saturated heterocycles. The first kappa shape index (κ1) is 14.9. The van der Waals surface area contributed by atoms with Gasteiger partial charge in [0.1, 0.15) is 5.75 Å². The first-order valence-electron chi connectivity index (χ1n) is 6.39. The Morgan fingerprint density at radius 2 is 1.83 bits per heavy atom. The molecular formula is C14H9F3N4O2. The summed E-state index contributed by atoms with van der Waals surface area (Å²) in [4.78, 5) is 7.21. The van der Waals surface area contributed by atoms with Crippen molar-refractivity contribution in [1.82, 2.24) is 20.2 Å². The number of nitrogens with zero attached hydrogens (tertiary/aromatic N) is 4. The molecule has 0 saturated carbocycles. The summed E-state index contributed by atoms with van der Waals surface area (Å²) < 4.78 is 48.5. The van der Waals surface area contributed by atoms with Gasteiger partial charge in [0.05, 0.1) is 0 Å². The predicted molar refractivity (Wildman–Crippen MR) is 71.6 cm³/mol. The number of alkyl halides is 3. The zero-order chi connectivity index (χ0) is 16.4. The number of aryl methyl sites for hydroxylation is 1. The Bertz CT molecular complexity index is 802. The summed E-state index contributed by atoms with van der Waals surface area (Å²) in [6.07, 6.45) is -3.37. The maximum atomic E-state index is 12.7. The Morgan fingerprint density at radius 1 is 1.09 bits per heavy atom. The van der Waals surface area contributed by atoms with Gasteiger partial charge in [-0.1, -0.05) is 0 Å². The number of hydrogen-bond acceptors (Lipinski definition) is 6. The minimum Gasteiger partial charge on any atom is -0.424 e. The minimum atomic E-state index is -4.56. The molecule has 3 rings (SSSR count). The summed E-state index contributed by atoms with van der Waals surface area (Å²) in [6.45, 7) is 1.43. The first-order chi connectivity index (χ1) is 10.9. The Hall–Kier alpha value is -2.97. The molecular weight excluding hydrogens is 313 g/mol. The molecule has 0 aliphatic rings. The second kappa shape index (κ2) is 5.67. The molecule has 0 radical (unpaired) electrons. The summed E-state index contributed by atoms with van der Waals surface area (Å²) in [5.41, 5.74) is -0.247. The zero-order valence-corrected chi connectivity index (χ0v) is 11.7. The van der Waals surface area contributed by atoms with Gasteiger partial charge in [-0.05, 0) is 37.3 Å². The van der Waals surface area contributed by atoms with Crippen LogP contribution in [0.4, 0.5) is 13.2 Å². The molecule has 0 aliphatic carbocycles. The number of aromatic nitrogens is 4. The van der Waals surface area contributed by atoms with Crippen LogP contribution in [0.15, 0.2) is 41.1 Å². The molecule has 0 atom stereocenters. The fourth-order valence-corrected chi connectivity index (χ4v) is 1.80. The van der Waals surface area contributed by atoms with Gasteiger partial charge in [0, 0.05) is 11.3 Å². The molecule has 23 heavy (non-hydrogen) atoms. The second-order valence-corrected chi connectivity index (χ2v) is 4.55. The lowest BCUT2D eigenvalue weighted by atomic mass is 10.2. The molecule has 9 heteroatoms. The molecule has 1 aromatic carbocycles. The molecule has 2 heterocycles. The molecule has 0 amide bonds. The van der Waals surface area contributed by atoms with Gasteiger partial charge in [0.2, 0.25) is 12.3 Å². The van der Waals surface area contributed by atoms with Crippen LogP contribution in [0.5, 0.6) is 11.8 Å². The lowest BCUT2D eigenvalue weighted by Crippen LogP contribution is -2.10. The van der Waals surface area contributed by atoms with E-state index in [0.717, 1.165) is 6.07 Å². The number of hydrogen-bond donors (Lipinski definition) is 0. The topological polar surface area (TPSA) is 73.9 Å². The molecule has 118 valence electrons. The van der Waals surface area contributed by atoms with Crippen molar-refractivity contribution < 1.29 is 22.3 Å². The molecule has 0 unspecified atom stereocenters. The normalized spacial score (nSPS) is 11.5. The highest BCUT2D eigenvalue weighted by Crippen LogP contribution is 2.30. The van der Waals surface area contributed by atoms with Crippen molar-refractivity contribution >= 4 is 0 Å². The highest BCUT2D eigenvalue weighted by Gasteiger charge is 2.33. The molecule has 3 aromatic rings. The summed E-state index contributed by atoms with van der Waals surface area (Å²) in [6, 6.07) is 6.82. The lowest BCUT2D eigenvalue weighted by Gasteiger charge is -2.09. The lowest BCUT2D eigenvalue weighted by molar-refractivity contribution is -0.141. The van der Waals surface area contributed by atoms with Gasteiger partial charge < -0.3 is 9.15 Å². The van der Waals surface area contributed by atoms with Crippen LogP contribution < -0.4 is 4.74 Å². The van der Waals surface area contributed by atoms with E-state index in [1.165, 1.54) is 13.3 Å². The van der Waals surface area contributed by atoms with E-state index in [-0.39, 0.29) is 17.5 Å². The van der Waals surface area contributed by atoms with E-state index >= 15 is 0 Å². The highest BCUT2D eigenvalue weighted by molar-refractivity contribution is 5.53. The van der Waals surface area contributed by atoms with Crippen molar-refractivity contribution in [3.05, 3.63) is 48.1 Å². The van der Waals surface area contributed by atoms with Crippen LogP contribution in [0.2, 0.25) is 0 Å². The van der Waals surface area contributed by atoms with Crippen molar-refractivity contribution in [3.63, 3.8) is 0 Å². The Labute approximate surface area is 128 Å². The van der Waals surface area contributed by atoms with Gasteiger partial charge in [-0.2, -0.15) is 18.2 Å². The van der Waals surface area contributed by atoms with E-state index in [2.05, 4.69) is 20.2 Å². The van der Waals surface area contributed by atoms with E-state index in [1.54, 1.807) is 24.3 Å². The minimum absolute atomic E-state index is 0.157. The molecule has 2 aromatic heterocycles.